The van der Waals surface area contributed by atoms with Crippen LogP contribution in [0.3, 0.4) is 0 Å². The summed E-state index contributed by atoms with van der Waals surface area (Å²) in [5.41, 5.74) is 3.66. The maximum absolute atomic E-state index is 4.23. The molecule has 22 heavy (non-hydrogen) atoms. The van der Waals surface area contributed by atoms with E-state index in [1.165, 1.54) is 11.1 Å². The van der Waals surface area contributed by atoms with Gasteiger partial charge in [-0.1, -0.05) is 36.8 Å². The van der Waals surface area contributed by atoms with Gasteiger partial charge in [0, 0.05) is 19.8 Å². The molecule has 0 spiro atoms. The highest BCUT2D eigenvalue weighted by Gasteiger charge is 2.07. The molecule has 3 N–H and O–H groups in total. The minimum Gasteiger partial charge on any atom is -0.356 e. The molecule has 0 aliphatic carbocycles. The maximum atomic E-state index is 4.23. The third kappa shape index (κ3) is 5.67. The van der Waals surface area contributed by atoms with E-state index in [9.17, 15) is 0 Å². The number of hydrogen-bond donors (Lipinski definition) is 3. The molecule has 0 amide bonds. The summed E-state index contributed by atoms with van der Waals surface area (Å²) < 4.78 is 0. The van der Waals surface area contributed by atoms with Crippen LogP contribution in [0, 0.1) is 6.92 Å². The van der Waals surface area contributed by atoms with Crippen molar-refractivity contribution in [3.8, 4) is 0 Å². The first-order valence-electron chi connectivity index (χ1n) is 7.18. The molecule has 1 aromatic heterocycles. The lowest BCUT2D eigenvalue weighted by Gasteiger charge is -2.16. The van der Waals surface area contributed by atoms with Gasteiger partial charge in [0.05, 0.1) is 12.2 Å². The number of H-pyrrole nitrogens is 1. The molecule has 2 aromatic rings. The molecule has 0 radical (unpaired) electrons. The summed E-state index contributed by atoms with van der Waals surface area (Å²) in [7, 11) is 1.78. The van der Waals surface area contributed by atoms with Crippen molar-refractivity contribution in [2.45, 2.75) is 26.3 Å². The Labute approximate surface area is 149 Å². The summed E-state index contributed by atoms with van der Waals surface area (Å²) in [4.78, 5) is 4.23. The fourth-order valence-corrected chi connectivity index (χ4v) is 2.13. The van der Waals surface area contributed by atoms with Gasteiger partial charge in [0.25, 0.3) is 0 Å². The number of nitrogens with one attached hydrogen (secondary N) is 3. The van der Waals surface area contributed by atoms with E-state index in [-0.39, 0.29) is 24.0 Å². The van der Waals surface area contributed by atoms with Crippen LogP contribution in [0.2, 0.25) is 0 Å². The highest BCUT2D eigenvalue weighted by Crippen LogP contribution is 2.15. The van der Waals surface area contributed by atoms with Crippen molar-refractivity contribution in [1.29, 1.82) is 0 Å². The number of aromatic amines is 1. The molecule has 0 saturated heterocycles. The minimum atomic E-state index is 0. The van der Waals surface area contributed by atoms with Crippen molar-refractivity contribution in [1.82, 2.24) is 20.8 Å². The molecule has 0 bridgehead atoms. The molecule has 1 atom stereocenters. The van der Waals surface area contributed by atoms with Gasteiger partial charge in [-0.2, -0.15) is 5.10 Å². The van der Waals surface area contributed by atoms with Crippen molar-refractivity contribution in [3.05, 3.63) is 53.3 Å². The number of hydrogen-bond acceptors (Lipinski definition) is 2. The van der Waals surface area contributed by atoms with E-state index in [4.69, 9.17) is 0 Å². The van der Waals surface area contributed by atoms with Gasteiger partial charge in [0.1, 0.15) is 0 Å². The van der Waals surface area contributed by atoms with Crippen LogP contribution < -0.4 is 10.6 Å². The van der Waals surface area contributed by atoms with Crippen LogP contribution in [0.15, 0.2) is 41.5 Å². The second-order valence-corrected chi connectivity index (χ2v) is 5.20. The smallest absolute Gasteiger partial charge is 0.191 e. The van der Waals surface area contributed by atoms with Gasteiger partial charge in [-0.3, -0.25) is 10.1 Å². The van der Waals surface area contributed by atoms with E-state index in [2.05, 4.69) is 63.9 Å². The van der Waals surface area contributed by atoms with Gasteiger partial charge in [0.2, 0.25) is 0 Å². The lowest BCUT2D eigenvalue weighted by atomic mass is 9.99. The van der Waals surface area contributed by atoms with Crippen molar-refractivity contribution in [2.75, 3.05) is 13.6 Å². The summed E-state index contributed by atoms with van der Waals surface area (Å²) in [6, 6.07) is 10.6. The van der Waals surface area contributed by atoms with Gasteiger partial charge >= 0.3 is 0 Å². The minimum absolute atomic E-state index is 0. The molecule has 1 aromatic carbocycles. The zero-order valence-electron chi connectivity index (χ0n) is 13.3. The van der Waals surface area contributed by atoms with E-state index in [0.717, 1.165) is 18.2 Å². The van der Waals surface area contributed by atoms with Gasteiger partial charge in [-0.15, -0.1) is 24.0 Å². The Bertz CT molecular complexity index is 580. The number of aryl methyl sites for hydroxylation is 1. The number of nitrogens with zero attached hydrogens (tertiary/aromatic N) is 2. The van der Waals surface area contributed by atoms with E-state index < -0.39 is 0 Å². The van der Waals surface area contributed by atoms with Crippen molar-refractivity contribution in [3.63, 3.8) is 0 Å². The topological polar surface area (TPSA) is 65.1 Å². The average molecular weight is 413 g/mol. The number of aliphatic imine (C=N–C) groups is 1. The summed E-state index contributed by atoms with van der Waals surface area (Å²) in [5.74, 6) is 1.22. The number of aromatic nitrogens is 2. The molecular weight excluding hydrogens is 389 g/mol. The number of benzene rings is 1. The largest absolute Gasteiger partial charge is 0.356 e. The van der Waals surface area contributed by atoms with Crippen LogP contribution in [0.1, 0.15) is 29.7 Å². The Balaban J connectivity index is 0.00000242. The van der Waals surface area contributed by atoms with Gasteiger partial charge in [-0.25, -0.2) is 0 Å². The van der Waals surface area contributed by atoms with Gasteiger partial charge < -0.3 is 10.6 Å². The highest BCUT2D eigenvalue weighted by atomic mass is 127. The predicted molar refractivity (Wildman–Crippen MR) is 102 cm³/mol. The predicted octanol–water partition coefficient (Wildman–Crippen LogP) is 2.80. The second-order valence-electron chi connectivity index (χ2n) is 5.20. The van der Waals surface area contributed by atoms with Crippen molar-refractivity contribution in [2.24, 2.45) is 4.99 Å². The molecule has 0 aliphatic heterocycles. The average Bonchev–Trinajstić information content (AvgIpc) is 3.00. The van der Waals surface area contributed by atoms with Crippen LogP contribution >= 0.6 is 24.0 Å². The first kappa shape index (κ1) is 18.5. The fourth-order valence-electron chi connectivity index (χ4n) is 2.13. The molecule has 2 rings (SSSR count). The standard InChI is InChI=1S/C16H23N5.HI/c1-12-5-4-6-14(9-12)13(2)10-18-16(17-3)19-11-15-7-8-20-21-15;/h4-9,13H,10-11H2,1-3H3,(H,20,21)(H2,17,18,19);1H. The molecule has 120 valence electrons. The van der Waals surface area contributed by atoms with E-state index >= 15 is 0 Å². The second kappa shape index (κ2) is 9.45. The lowest BCUT2D eigenvalue weighted by Crippen LogP contribution is -2.38. The summed E-state index contributed by atoms with van der Waals surface area (Å²) in [6.07, 6.45) is 1.74. The fraction of sp³-hybridized carbons (Fsp3) is 0.375. The Kier molecular flexibility index (Phi) is 7.94. The molecule has 6 heteroatoms. The number of rotatable bonds is 5. The number of halogens is 1. The quantitative estimate of drug-likeness (QED) is 0.401. The van der Waals surface area contributed by atoms with Crippen molar-refractivity contribution >= 4 is 29.9 Å². The Morgan fingerprint density at radius 2 is 2.14 bits per heavy atom. The maximum Gasteiger partial charge on any atom is 0.191 e. The van der Waals surface area contributed by atoms with E-state index in [1.54, 1.807) is 13.2 Å². The zero-order chi connectivity index (χ0) is 15.1. The highest BCUT2D eigenvalue weighted by molar-refractivity contribution is 14.0. The van der Waals surface area contributed by atoms with E-state index in [0.29, 0.717) is 12.5 Å². The van der Waals surface area contributed by atoms with E-state index in [1.807, 2.05) is 6.07 Å². The Hall–Kier alpha value is -1.57. The SMILES string of the molecule is CN=C(NCc1ccn[nH]1)NCC(C)c1cccc(C)c1.I. The first-order valence-corrected chi connectivity index (χ1v) is 7.18. The van der Waals surface area contributed by atoms with Gasteiger partial charge in [-0.05, 0) is 24.5 Å². The lowest BCUT2D eigenvalue weighted by molar-refractivity contribution is 0.696. The molecule has 5 nitrogen and oxygen atoms in total. The van der Waals surface area contributed by atoms with Crippen LogP contribution in [0.5, 0.6) is 0 Å². The summed E-state index contributed by atoms with van der Waals surface area (Å²) >= 11 is 0. The van der Waals surface area contributed by atoms with Gasteiger partial charge in [0.15, 0.2) is 5.96 Å². The normalized spacial score (nSPS) is 12.4. The molecule has 1 heterocycles. The molecule has 1 unspecified atom stereocenters. The van der Waals surface area contributed by atoms with Crippen LogP contribution in [-0.4, -0.2) is 29.7 Å². The molecular formula is C16H24IN5. The molecule has 0 fully saturated rings. The summed E-state index contributed by atoms with van der Waals surface area (Å²) in [5, 5.41) is 13.5. The Morgan fingerprint density at radius 1 is 1.32 bits per heavy atom. The first-order chi connectivity index (χ1) is 10.2. The molecule has 0 saturated carbocycles. The van der Waals surface area contributed by atoms with Crippen molar-refractivity contribution < 1.29 is 0 Å². The zero-order valence-corrected chi connectivity index (χ0v) is 15.6. The Morgan fingerprint density at radius 3 is 2.77 bits per heavy atom. The summed E-state index contributed by atoms with van der Waals surface area (Å²) in [6.45, 7) is 5.85. The third-order valence-electron chi connectivity index (χ3n) is 3.42. The number of guanidine groups is 1. The van der Waals surface area contributed by atoms with Crippen LogP contribution in [0.4, 0.5) is 0 Å². The van der Waals surface area contributed by atoms with Crippen LogP contribution in [0.25, 0.3) is 0 Å². The third-order valence-corrected chi connectivity index (χ3v) is 3.42. The van der Waals surface area contributed by atoms with Crippen LogP contribution in [-0.2, 0) is 6.54 Å². The monoisotopic (exact) mass is 413 g/mol. The molecule has 0 aliphatic rings.